The minimum Gasteiger partial charge on any atom is -0.328 e. The fourth-order valence-electron chi connectivity index (χ4n) is 3.15. The van der Waals surface area contributed by atoms with Crippen molar-refractivity contribution < 1.29 is 0 Å². The van der Waals surface area contributed by atoms with Crippen LogP contribution in [-0.2, 0) is 19.4 Å². The average Bonchev–Trinajstić information content (AvgIpc) is 2.78. The molecule has 2 aliphatic heterocycles. The molecule has 98 valence electrons. The van der Waals surface area contributed by atoms with Crippen molar-refractivity contribution in [2.75, 3.05) is 13.1 Å². The summed E-state index contributed by atoms with van der Waals surface area (Å²) < 4.78 is 2.51. The van der Waals surface area contributed by atoms with Gasteiger partial charge in [-0.05, 0) is 37.8 Å². The Labute approximate surface area is 109 Å². The normalized spacial score (nSPS) is 19.5. The Hall–Kier alpha value is -1.09. The van der Waals surface area contributed by atoms with Gasteiger partial charge >= 0.3 is 0 Å². The summed E-state index contributed by atoms with van der Waals surface area (Å²) in [5, 5.41) is 3.40. The lowest BCUT2D eigenvalue weighted by Crippen LogP contribution is -2.22. The Kier molecular flexibility index (Phi) is 3.50. The van der Waals surface area contributed by atoms with Crippen LogP contribution in [0.3, 0.4) is 0 Å². The summed E-state index contributed by atoms with van der Waals surface area (Å²) in [6.07, 6.45) is 9.62. The lowest BCUT2D eigenvalue weighted by Gasteiger charge is -2.20. The van der Waals surface area contributed by atoms with Crippen LogP contribution in [-0.4, -0.2) is 22.6 Å². The second kappa shape index (κ2) is 5.27. The maximum absolute atomic E-state index is 4.92. The third-order valence-electron chi connectivity index (χ3n) is 4.01. The molecule has 1 aromatic rings. The first-order valence-corrected chi connectivity index (χ1v) is 7.38. The summed E-state index contributed by atoms with van der Waals surface area (Å²) in [7, 11) is 0. The zero-order valence-corrected chi connectivity index (χ0v) is 11.3. The van der Waals surface area contributed by atoms with Crippen molar-refractivity contribution in [3.05, 3.63) is 23.3 Å². The van der Waals surface area contributed by atoms with Gasteiger partial charge in [-0.1, -0.05) is 19.4 Å². The molecule has 0 atom stereocenters. The van der Waals surface area contributed by atoms with Gasteiger partial charge in [-0.25, -0.2) is 4.98 Å². The van der Waals surface area contributed by atoms with Crippen LogP contribution >= 0.6 is 0 Å². The lowest BCUT2D eigenvalue weighted by molar-refractivity contribution is 0.517. The van der Waals surface area contributed by atoms with Gasteiger partial charge in [0.05, 0.1) is 11.4 Å². The van der Waals surface area contributed by atoms with Crippen LogP contribution in [0.4, 0.5) is 0 Å². The predicted molar refractivity (Wildman–Crippen MR) is 74.6 cm³/mol. The Bertz CT molecular complexity index is 457. The highest BCUT2D eigenvalue weighted by Gasteiger charge is 2.22. The van der Waals surface area contributed by atoms with E-state index in [0.29, 0.717) is 0 Å². The molecule has 0 bridgehead atoms. The summed E-state index contributed by atoms with van der Waals surface area (Å²) in [6, 6.07) is 0. The van der Waals surface area contributed by atoms with Crippen molar-refractivity contribution in [1.29, 1.82) is 0 Å². The molecule has 0 aromatic carbocycles. The van der Waals surface area contributed by atoms with E-state index in [1.165, 1.54) is 55.0 Å². The fourth-order valence-corrected chi connectivity index (χ4v) is 3.15. The van der Waals surface area contributed by atoms with E-state index in [1.54, 1.807) is 0 Å². The van der Waals surface area contributed by atoms with Crippen LogP contribution in [0.5, 0.6) is 0 Å². The van der Waals surface area contributed by atoms with Crippen molar-refractivity contribution in [1.82, 2.24) is 14.9 Å². The maximum atomic E-state index is 4.92. The van der Waals surface area contributed by atoms with Crippen LogP contribution in [0.15, 0.2) is 6.08 Å². The number of aromatic nitrogens is 2. The summed E-state index contributed by atoms with van der Waals surface area (Å²) in [5.74, 6) is 1.33. The van der Waals surface area contributed by atoms with E-state index < -0.39 is 0 Å². The van der Waals surface area contributed by atoms with E-state index >= 15 is 0 Å². The molecule has 1 aromatic heterocycles. The summed E-state index contributed by atoms with van der Waals surface area (Å²) in [6.45, 7) is 5.55. The van der Waals surface area contributed by atoms with E-state index in [2.05, 4.69) is 22.9 Å². The van der Waals surface area contributed by atoms with Gasteiger partial charge in [-0.3, -0.25) is 0 Å². The third kappa shape index (κ3) is 2.12. The van der Waals surface area contributed by atoms with Gasteiger partial charge in [0.25, 0.3) is 0 Å². The first kappa shape index (κ1) is 12.0. The van der Waals surface area contributed by atoms with E-state index in [4.69, 9.17) is 4.98 Å². The Morgan fingerprint density at radius 1 is 1.33 bits per heavy atom. The van der Waals surface area contributed by atoms with Gasteiger partial charge in [0.15, 0.2) is 0 Å². The quantitative estimate of drug-likeness (QED) is 0.887. The molecule has 0 unspecified atom stereocenters. The number of aryl methyl sites for hydroxylation is 2. The highest BCUT2D eigenvalue weighted by Crippen LogP contribution is 2.29. The third-order valence-corrected chi connectivity index (χ3v) is 4.01. The Morgan fingerprint density at radius 3 is 3.06 bits per heavy atom. The molecule has 0 amide bonds. The number of hydrogen-bond donors (Lipinski definition) is 1. The smallest absolute Gasteiger partial charge is 0.109 e. The number of imidazole rings is 1. The number of fused-ring (bicyclic) bond motifs is 1. The first-order chi connectivity index (χ1) is 8.90. The molecule has 3 nitrogen and oxygen atoms in total. The zero-order valence-electron chi connectivity index (χ0n) is 11.3. The molecule has 0 aliphatic carbocycles. The molecule has 3 heteroatoms. The SMILES string of the molecule is CCCc1nc2n(c1C1=CCNCC1)CCCC2. The zero-order chi connectivity index (χ0) is 12.4. The monoisotopic (exact) mass is 245 g/mol. The molecule has 0 radical (unpaired) electrons. The lowest BCUT2D eigenvalue weighted by atomic mass is 10.0. The highest BCUT2D eigenvalue weighted by atomic mass is 15.1. The van der Waals surface area contributed by atoms with Crippen LogP contribution in [0.2, 0.25) is 0 Å². The topological polar surface area (TPSA) is 29.9 Å². The molecule has 0 saturated carbocycles. The van der Waals surface area contributed by atoms with Gasteiger partial charge in [-0.2, -0.15) is 0 Å². The van der Waals surface area contributed by atoms with E-state index in [9.17, 15) is 0 Å². The second-order valence-corrected chi connectivity index (χ2v) is 5.37. The minimum atomic E-state index is 1.02. The predicted octanol–water partition coefficient (Wildman–Crippen LogP) is 2.55. The molecular weight excluding hydrogens is 222 g/mol. The molecular formula is C15H23N3. The van der Waals surface area contributed by atoms with Crippen molar-refractivity contribution in [3.63, 3.8) is 0 Å². The molecule has 0 fully saturated rings. The van der Waals surface area contributed by atoms with Gasteiger partial charge in [0, 0.05) is 19.5 Å². The number of nitrogens with zero attached hydrogens (tertiary/aromatic N) is 2. The molecule has 3 rings (SSSR count). The fraction of sp³-hybridized carbons (Fsp3) is 0.667. The minimum absolute atomic E-state index is 1.02. The van der Waals surface area contributed by atoms with Crippen LogP contribution < -0.4 is 5.32 Å². The maximum Gasteiger partial charge on any atom is 0.109 e. The van der Waals surface area contributed by atoms with E-state index in [1.807, 2.05) is 0 Å². The highest BCUT2D eigenvalue weighted by molar-refractivity contribution is 5.66. The van der Waals surface area contributed by atoms with Gasteiger partial charge in [0.1, 0.15) is 5.82 Å². The number of rotatable bonds is 3. The average molecular weight is 245 g/mol. The standard InChI is InChI=1S/C15H23N3/c1-2-5-13-15(12-7-9-16-10-8-12)18-11-4-3-6-14(18)17-13/h7,16H,2-6,8-11H2,1H3. The van der Waals surface area contributed by atoms with Crippen molar-refractivity contribution in [2.24, 2.45) is 0 Å². The van der Waals surface area contributed by atoms with Crippen molar-refractivity contribution in [3.8, 4) is 0 Å². The van der Waals surface area contributed by atoms with Crippen LogP contribution in [0, 0.1) is 0 Å². The van der Waals surface area contributed by atoms with E-state index in [-0.39, 0.29) is 0 Å². The molecule has 3 heterocycles. The molecule has 1 N–H and O–H groups in total. The molecule has 18 heavy (non-hydrogen) atoms. The summed E-state index contributed by atoms with van der Waals surface area (Å²) >= 11 is 0. The molecule has 0 saturated heterocycles. The van der Waals surface area contributed by atoms with Gasteiger partial charge < -0.3 is 9.88 Å². The Balaban J connectivity index is 2.03. The summed E-state index contributed by atoms with van der Waals surface area (Å²) in [5.41, 5.74) is 4.34. The van der Waals surface area contributed by atoms with Crippen LogP contribution in [0.25, 0.3) is 5.57 Å². The van der Waals surface area contributed by atoms with E-state index in [0.717, 1.165) is 25.9 Å². The number of hydrogen-bond acceptors (Lipinski definition) is 2. The number of nitrogens with one attached hydrogen (secondary N) is 1. The largest absolute Gasteiger partial charge is 0.328 e. The summed E-state index contributed by atoms with van der Waals surface area (Å²) in [4.78, 5) is 4.92. The van der Waals surface area contributed by atoms with Crippen LogP contribution in [0.1, 0.15) is 49.8 Å². The van der Waals surface area contributed by atoms with Gasteiger partial charge in [0.2, 0.25) is 0 Å². The molecule has 0 spiro atoms. The Morgan fingerprint density at radius 2 is 2.28 bits per heavy atom. The molecule has 2 aliphatic rings. The van der Waals surface area contributed by atoms with Crippen molar-refractivity contribution in [2.45, 2.75) is 52.0 Å². The van der Waals surface area contributed by atoms with Crippen molar-refractivity contribution >= 4 is 5.57 Å². The second-order valence-electron chi connectivity index (χ2n) is 5.37. The first-order valence-electron chi connectivity index (χ1n) is 7.38. The van der Waals surface area contributed by atoms with Gasteiger partial charge in [-0.15, -0.1) is 0 Å².